The number of anilines is 2. The highest BCUT2D eigenvalue weighted by Gasteiger charge is 2.49. The number of aromatic amines is 1. The first-order valence-corrected chi connectivity index (χ1v) is 17.0. The summed E-state index contributed by atoms with van der Waals surface area (Å²) in [5.41, 5.74) is 4.04. The Morgan fingerprint density at radius 1 is 1.24 bits per heavy atom. The third kappa shape index (κ3) is 4.46. The lowest BCUT2D eigenvalue weighted by Gasteiger charge is -2.31. The number of fused-ring (bicyclic) bond motifs is 6. The van der Waals surface area contributed by atoms with Crippen molar-refractivity contribution in [1.29, 1.82) is 0 Å². The van der Waals surface area contributed by atoms with E-state index in [4.69, 9.17) is 24.4 Å². The molecular formula is C33H37FN8O3S. The number of nitrogens with zero attached hydrogens (tertiary/aromatic N) is 7. The number of hydrogen-bond acceptors (Lipinski definition) is 11. The van der Waals surface area contributed by atoms with Gasteiger partial charge in [0.15, 0.2) is 0 Å². The minimum atomic E-state index is -1.06. The molecule has 2 N–H and O–H groups in total. The zero-order chi connectivity index (χ0) is 31.2. The van der Waals surface area contributed by atoms with Gasteiger partial charge in [-0.2, -0.15) is 15.1 Å². The number of aliphatic hydroxyl groups is 1. The maximum Gasteiger partial charge on any atom is 0.319 e. The van der Waals surface area contributed by atoms with Gasteiger partial charge in [0.05, 0.1) is 58.5 Å². The molecular weight excluding hydrogens is 607 g/mol. The molecule has 8 heterocycles. The minimum Gasteiger partial charge on any atom is -0.461 e. The predicted molar refractivity (Wildman–Crippen MR) is 177 cm³/mol. The van der Waals surface area contributed by atoms with E-state index < -0.39 is 11.8 Å². The van der Waals surface area contributed by atoms with Crippen LogP contribution in [-0.2, 0) is 11.2 Å². The molecule has 0 bridgehead atoms. The van der Waals surface area contributed by atoms with Crippen molar-refractivity contribution in [3.8, 4) is 17.3 Å². The first kappa shape index (κ1) is 28.6. The summed E-state index contributed by atoms with van der Waals surface area (Å²) in [6, 6.07) is 4.51. The van der Waals surface area contributed by atoms with Gasteiger partial charge in [0, 0.05) is 55.6 Å². The van der Waals surface area contributed by atoms with Gasteiger partial charge in [-0.05, 0) is 50.4 Å². The lowest BCUT2D eigenvalue weighted by molar-refractivity contribution is -0.0123. The second-order valence-electron chi connectivity index (χ2n) is 13.7. The van der Waals surface area contributed by atoms with Crippen LogP contribution in [0.2, 0.25) is 0 Å². The summed E-state index contributed by atoms with van der Waals surface area (Å²) < 4.78 is 27.7. The fraction of sp³-hybridized carbons (Fsp3) is 0.515. The Morgan fingerprint density at radius 2 is 2.15 bits per heavy atom. The van der Waals surface area contributed by atoms with E-state index in [9.17, 15) is 9.50 Å². The molecule has 9 rings (SSSR count). The minimum absolute atomic E-state index is 0.246. The summed E-state index contributed by atoms with van der Waals surface area (Å²) in [7, 11) is 2.13. The number of hydrogen-bond donors (Lipinski definition) is 2. The summed E-state index contributed by atoms with van der Waals surface area (Å²) >= 11 is 1.58. The second kappa shape index (κ2) is 10.4. The lowest BCUT2D eigenvalue weighted by Crippen LogP contribution is -2.43. The molecule has 13 heteroatoms. The van der Waals surface area contributed by atoms with Crippen LogP contribution in [0.5, 0.6) is 6.01 Å². The van der Waals surface area contributed by atoms with Crippen molar-refractivity contribution < 1.29 is 19.0 Å². The normalized spacial score (nSPS) is 26.8. The number of rotatable bonds is 5. The Bertz CT molecular complexity index is 2000. The standard InChI is InChI=1S/C33H37FN8O3S/c1-32(43)16-41(10-11-44-17-32)29-25-21-4-7-35-26(24-22-14-36-39-23(22)12-19-5-9-40(2)27(19)24)28(21)46-30(25)38-31(37-29)45-18-33-6-3-8-42(33)15-20(34)13-33/h4,7,12,14,20,43H,3,5-6,8-11,13,15-18H2,1-2H3,(H,36,39)/t20-,32+,33+/m1/s1. The molecule has 0 spiro atoms. The van der Waals surface area contributed by atoms with Crippen molar-refractivity contribution in [1.82, 2.24) is 30.0 Å². The molecule has 4 aliphatic rings. The van der Waals surface area contributed by atoms with Crippen molar-refractivity contribution >= 4 is 54.0 Å². The molecule has 4 aromatic heterocycles. The fourth-order valence-corrected chi connectivity index (χ4v) is 9.42. The number of ether oxygens (including phenoxy) is 2. The number of benzene rings is 1. The molecule has 3 atom stereocenters. The summed E-state index contributed by atoms with van der Waals surface area (Å²) in [5, 5.41) is 21.7. The van der Waals surface area contributed by atoms with E-state index in [1.165, 1.54) is 11.3 Å². The van der Waals surface area contributed by atoms with Crippen molar-refractivity contribution in [2.45, 2.75) is 49.9 Å². The molecule has 240 valence electrons. The smallest absolute Gasteiger partial charge is 0.319 e. The quantitative estimate of drug-likeness (QED) is 0.287. The van der Waals surface area contributed by atoms with Crippen molar-refractivity contribution in [2.75, 3.05) is 69.4 Å². The largest absolute Gasteiger partial charge is 0.461 e. The van der Waals surface area contributed by atoms with Gasteiger partial charge in [0.1, 0.15) is 29.0 Å². The summed E-state index contributed by atoms with van der Waals surface area (Å²) in [4.78, 5) is 22.4. The summed E-state index contributed by atoms with van der Waals surface area (Å²) in [6.07, 6.45) is 6.30. The molecule has 11 nitrogen and oxygen atoms in total. The molecule has 0 saturated carbocycles. The number of likely N-dealkylation sites (N-methyl/N-ethyl adjacent to an activating group) is 1. The van der Waals surface area contributed by atoms with E-state index in [0.717, 1.165) is 74.8 Å². The van der Waals surface area contributed by atoms with Crippen LogP contribution in [0.15, 0.2) is 24.5 Å². The van der Waals surface area contributed by atoms with Crippen LogP contribution >= 0.6 is 11.3 Å². The van der Waals surface area contributed by atoms with Crippen LogP contribution in [0, 0.1) is 0 Å². The van der Waals surface area contributed by atoms with Gasteiger partial charge in [-0.15, -0.1) is 11.3 Å². The van der Waals surface area contributed by atoms with Crippen LogP contribution in [0.4, 0.5) is 15.9 Å². The maximum absolute atomic E-state index is 14.5. The Hall–Kier alpha value is -3.65. The first-order chi connectivity index (χ1) is 22.3. The third-order valence-corrected chi connectivity index (χ3v) is 11.4. The van der Waals surface area contributed by atoms with Crippen molar-refractivity contribution in [3.63, 3.8) is 0 Å². The van der Waals surface area contributed by atoms with Crippen LogP contribution in [0.1, 0.15) is 31.7 Å². The monoisotopic (exact) mass is 644 g/mol. The molecule has 0 aliphatic carbocycles. The third-order valence-electron chi connectivity index (χ3n) is 10.3. The van der Waals surface area contributed by atoms with Crippen LogP contribution < -0.4 is 14.5 Å². The van der Waals surface area contributed by atoms with Gasteiger partial charge in [-0.25, -0.2) is 4.39 Å². The summed E-state index contributed by atoms with van der Waals surface area (Å²) in [6.45, 7) is 6.06. The van der Waals surface area contributed by atoms with Crippen LogP contribution in [-0.4, -0.2) is 112 Å². The van der Waals surface area contributed by atoms with Crippen molar-refractivity contribution in [2.24, 2.45) is 0 Å². The van der Waals surface area contributed by atoms with Gasteiger partial charge >= 0.3 is 6.01 Å². The van der Waals surface area contributed by atoms with Crippen molar-refractivity contribution in [3.05, 3.63) is 30.1 Å². The van der Waals surface area contributed by atoms with E-state index >= 15 is 0 Å². The Morgan fingerprint density at radius 3 is 3.07 bits per heavy atom. The molecule has 3 saturated heterocycles. The number of thiophene rings is 1. The average molecular weight is 645 g/mol. The van der Waals surface area contributed by atoms with E-state index in [2.05, 4.69) is 38.0 Å². The zero-order valence-corrected chi connectivity index (χ0v) is 26.9. The highest BCUT2D eigenvalue weighted by atomic mass is 32.1. The zero-order valence-electron chi connectivity index (χ0n) is 26.1. The molecule has 5 aromatic rings. The van der Waals surface area contributed by atoms with Gasteiger partial charge in [-0.3, -0.25) is 15.0 Å². The molecule has 4 aliphatic heterocycles. The number of β-amino-alcohol motifs (C(OH)–C–C–N with tert-alkyl or cyclic N) is 1. The number of aromatic nitrogens is 5. The highest BCUT2D eigenvalue weighted by molar-refractivity contribution is 7.26. The second-order valence-corrected chi connectivity index (χ2v) is 14.7. The topological polar surface area (TPSA) is 116 Å². The number of alkyl halides is 1. The number of H-pyrrole nitrogens is 1. The van der Waals surface area contributed by atoms with Crippen LogP contribution in [0.3, 0.4) is 0 Å². The number of halogens is 1. The molecule has 0 radical (unpaired) electrons. The number of nitrogens with one attached hydrogen (secondary N) is 1. The Kier molecular flexibility index (Phi) is 6.47. The Balaban J connectivity index is 1.22. The van der Waals surface area contributed by atoms with E-state index in [1.54, 1.807) is 18.3 Å². The van der Waals surface area contributed by atoms with Gasteiger partial charge in [0.25, 0.3) is 0 Å². The Labute approximate surface area is 269 Å². The summed E-state index contributed by atoms with van der Waals surface area (Å²) in [5.74, 6) is 0.702. The first-order valence-electron chi connectivity index (χ1n) is 16.2. The molecule has 0 amide bonds. The fourth-order valence-electron chi connectivity index (χ4n) is 8.27. The SMILES string of the molecule is CN1CCc2cc3[nH]ncc3c(-c3nccc4c3sc3nc(OC[C@@]56CCCN5C[C@H](F)C6)nc(N5CCOC[C@@](C)(O)C5)c34)c21. The average Bonchev–Trinajstić information content (AvgIpc) is 3.83. The van der Waals surface area contributed by atoms with E-state index in [-0.39, 0.29) is 18.2 Å². The van der Waals surface area contributed by atoms with E-state index in [1.807, 2.05) is 18.5 Å². The molecule has 3 fully saturated rings. The van der Waals surface area contributed by atoms with Gasteiger partial charge in [-0.1, -0.05) is 0 Å². The number of pyridine rings is 1. The molecule has 1 aromatic carbocycles. The maximum atomic E-state index is 14.5. The molecule has 46 heavy (non-hydrogen) atoms. The lowest BCUT2D eigenvalue weighted by atomic mass is 9.95. The van der Waals surface area contributed by atoms with Gasteiger partial charge < -0.3 is 24.4 Å². The van der Waals surface area contributed by atoms with E-state index in [0.29, 0.717) is 45.1 Å². The predicted octanol–water partition coefficient (Wildman–Crippen LogP) is 4.32. The van der Waals surface area contributed by atoms with Crippen LogP contribution in [0.25, 0.3) is 42.5 Å². The van der Waals surface area contributed by atoms with Gasteiger partial charge in [0.2, 0.25) is 0 Å². The molecule has 0 unspecified atom stereocenters. The highest BCUT2D eigenvalue weighted by Crippen LogP contribution is 2.48.